The first-order valence-electron chi connectivity index (χ1n) is 21.6. The van der Waals surface area contributed by atoms with Crippen LogP contribution in [0.4, 0.5) is 34.1 Å². The molecule has 1 aliphatic carbocycles. The second kappa shape index (κ2) is 14.8. The van der Waals surface area contributed by atoms with Gasteiger partial charge < -0.3 is 9.80 Å². The quantitative estimate of drug-likeness (QED) is 0.122. The highest BCUT2D eigenvalue weighted by atomic mass is 15.2. The molecule has 0 aromatic heterocycles. The fourth-order valence-electron chi connectivity index (χ4n) is 10.1. The Hall–Kier alpha value is -7.60. The van der Waals surface area contributed by atoms with Gasteiger partial charge in [-0.15, -0.1) is 6.42 Å². The third-order valence-electron chi connectivity index (χ3n) is 13.3. The van der Waals surface area contributed by atoms with Crippen molar-refractivity contribution in [2.24, 2.45) is 0 Å². The van der Waals surface area contributed by atoms with Crippen molar-refractivity contribution >= 4 is 56.5 Å². The average Bonchev–Trinajstić information content (AvgIpc) is 3.53. The molecule has 0 spiro atoms. The SMILES string of the molecule is C#CC(=CC=C(C)C=Cc1ccc2c(c1)C(C)(C)c1cc(N3c4ccccc4Cc4ccccc43)ccc1-2)c1ccc(N2c3ccccc3Cc3ccccc32)c2ccccc12. The summed E-state index contributed by atoms with van der Waals surface area (Å²) >= 11 is 0. The summed E-state index contributed by atoms with van der Waals surface area (Å²) in [6, 6.07) is 62.2. The minimum atomic E-state index is -0.159. The van der Waals surface area contributed by atoms with Gasteiger partial charge in [0.15, 0.2) is 0 Å². The number of hydrogen-bond donors (Lipinski definition) is 0. The lowest BCUT2D eigenvalue weighted by Gasteiger charge is -2.34. The molecular formula is C60H46N2. The van der Waals surface area contributed by atoms with Crippen molar-refractivity contribution in [1.29, 1.82) is 0 Å². The molecule has 2 nitrogen and oxygen atoms in total. The maximum absolute atomic E-state index is 6.28. The standard InChI is InChI=1S/C60H46N2/c1-5-42(48-34-35-59(52-21-11-10-20-49(48)52)62-57-24-14-8-18-45(57)38-46-19-9-15-25-58(46)62)30-27-40(2)26-28-41-29-32-50-51-33-31-47(39-54(51)60(3,4)53(50)36-41)61-55-22-12-6-16-43(55)37-44-17-7-13-23-56(44)61/h1,6-36,39H,37-38H2,2-4H3. The normalized spacial score (nSPS) is 14.7. The first kappa shape index (κ1) is 37.4. The largest absolute Gasteiger partial charge is 0.310 e. The van der Waals surface area contributed by atoms with Gasteiger partial charge in [-0.2, -0.15) is 0 Å². The van der Waals surface area contributed by atoms with Gasteiger partial charge in [0.05, 0.1) is 5.69 Å². The molecule has 0 atom stereocenters. The number of anilines is 6. The van der Waals surface area contributed by atoms with Crippen LogP contribution in [-0.4, -0.2) is 0 Å². The lowest BCUT2D eigenvalue weighted by Crippen LogP contribution is -2.20. The van der Waals surface area contributed by atoms with E-state index in [2.05, 4.69) is 231 Å². The summed E-state index contributed by atoms with van der Waals surface area (Å²) in [5.74, 6) is 3.03. The van der Waals surface area contributed by atoms with Gasteiger partial charge in [-0.1, -0.05) is 171 Å². The molecule has 296 valence electrons. The number of terminal acetylenes is 1. The van der Waals surface area contributed by atoms with E-state index in [-0.39, 0.29) is 5.41 Å². The number of nitrogens with zero attached hydrogens (tertiary/aromatic N) is 2. The van der Waals surface area contributed by atoms with Crippen molar-refractivity contribution in [1.82, 2.24) is 0 Å². The molecule has 0 fully saturated rings. The molecule has 0 saturated carbocycles. The van der Waals surface area contributed by atoms with Gasteiger partial charge in [0.1, 0.15) is 0 Å². The van der Waals surface area contributed by atoms with Crippen LogP contribution in [0.2, 0.25) is 0 Å². The van der Waals surface area contributed by atoms with Gasteiger partial charge in [-0.25, -0.2) is 0 Å². The van der Waals surface area contributed by atoms with Gasteiger partial charge in [0.2, 0.25) is 0 Å². The van der Waals surface area contributed by atoms with Crippen molar-refractivity contribution in [3.63, 3.8) is 0 Å². The number of para-hydroxylation sites is 4. The van der Waals surface area contributed by atoms with E-state index in [0.717, 1.165) is 40.6 Å². The molecule has 2 aliphatic heterocycles. The van der Waals surface area contributed by atoms with Crippen LogP contribution in [0, 0.1) is 12.3 Å². The topological polar surface area (TPSA) is 6.48 Å². The Kier molecular flexibility index (Phi) is 8.95. The van der Waals surface area contributed by atoms with E-state index < -0.39 is 0 Å². The Morgan fingerprint density at radius 2 is 1.05 bits per heavy atom. The Balaban J connectivity index is 0.881. The summed E-state index contributed by atoms with van der Waals surface area (Å²) in [7, 11) is 0. The van der Waals surface area contributed by atoms with Crippen molar-refractivity contribution in [2.75, 3.05) is 9.80 Å². The van der Waals surface area contributed by atoms with Crippen molar-refractivity contribution in [3.8, 4) is 23.5 Å². The van der Waals surface area contributed by atoms with E-state index in [1.165, 1.54) is 83.9 Å². The molecule has 2 heteroatoms. The fourth-order valence-corrected chi connectivity index (χ4v) is 10.1. The molecular weight excluding hydrogens is 749 g/mol. The van der Waals surface area contributed by atoms with Crippen LogP contribution >= 0.6 is 0 Å². The predicted molar refractivity (Wildman–Crippen MR) is 263 cm³/mol. The minimum Gasteiger partial charge on any atom is -0.310 e. The summed E-state index contributed by atoms with van der Waals surface area (Å²) in [4.78, 5) is 4.86. The predicted octanol–water partition coefficient (Wildman–Crippen LogP) is 15.6. The van der Waals surface area contributed by atoms with Gasteiger partial charge in [-0.3, -0.25) is 0 Å². The Bertz CT molecular complexity index is 3170. The monoisotopic (exact) mass is 794 g/mol. The summed E-state index contributed by atoms with van der Waals surface area (Å²) in [6.07, 6.45) is 16.8. The van der Waals surface area contributed by atoms with Crippen LogP contribution in [0.25, 0.3) is 33.5 Å². The van der Waals surface area contributed by atoms with E-state index in [9.17, 15) is 0 Å². The second-order valence-corrected chi connectivity index (χ2v) is 17.3. The maximum Gasteiger partial charge on any atom is 0.0540 e. The minimum absolute atomic E-state index is 0.159. The van der Waals surface area contributed by atoms with Crippen LogP contribution in [0.5, 0.6) is 0 Å². The molecule has 0 radical (unpaired) electrons. The molecule has 0 bridgehead atoms. The highest BCUT2D eigenvalue weighted by molar-refractivity contribution is 6.06. The van der Waals surface area contributed by atoms with Gasteiger partial charge in [0, 0.05) is 57.7 Å². The molecule has 8 aromatic rings. The molecule has 2 heterocycles. The van der Waals surface area contributed by atoms with Gasteiger partial charge in [-0.05, 0) is 116 Å². The van der Waals surface area contributed by atoms with Crippen LogP contribution in [0.1, 0.15) is 65.3 Å². The molecule has 0 unspecified atom stereocenters. The lowest BCUT2D eigenvalue weighted by molar-refractivity contribution is 0.660. The molecule has 3 aliphatic rings. The van der Waals surface area contributed by atoms with Crippen LogP contribution < -0.4 is 9.80 Å². The summed E-state index contributed by atoms with van der Waals surface area (Å²) in [6.45, 7) is 6.87. The summed E-state index contributed by atoms with van der Waals surface area (Å²) in [5, 5.41) is 2.30. The first-order valence-corrected chi connectivity index (χ1v) is 21.6. The number of hydrogen-bond acceptors (Lipinski definition) is 2. The highest BCUT2D eigenvalue weighted by Gasteiger charge is 2.37. The summed E-state index contributed by atoms with van der Waals surface area (Å²) < 4.78 is 0. The highest BCUT2D eigenvalue weighted by Crippen LogP contribution is 2.52. The number of benzene rings is 8. The Labute approximate surface area is 365 Å². The zero-order chi connectivity index (χ0) is 42.0. The summed E-state index contributed by atoms with van der Waals surface area (Å²) in [5.41, 5.74) is 22.1. The molecule has 62 heavy (non-hydrogen) atoms. The number of fused-ring (bicyclic) bond motifs is 8. The van der Waals surface area contributed by atoms with Crippen LogP contribution in [0.15, 0.2) is 194 Å². The smallest absolute Gasteiger partial charge is 0.0540 e. The molecule has 8 aromatic carbocycles. The van der Waals surface area contributed by atoms with Crippen LogP contribution in [-0.2, 0) is 18.3 Å². The van der Waals surface area contributed by atoms with E-state index in [4.69, 9.17) is 6.42 Å². The molecule has 0 N–H and O–H groups in total. The van der Waals surface area contributed by atoms with Crippen molar-refractivity contribution < 1.29 is 0 Å². The maximum atomic E-state index is 6.28. The van der Waals surface area contributed by atoms with Crippen LogP contribution in [0.3, 0.4) is 0 Å². The third-order valence-corrected chi connectivity index (χ3v) is 13.3. The van der Waals surface area contributed by atoms with Crippen molar-refractivity contribution in [2.45, 2.75) is 39.0 Å². The molecule has 11 rings (SSSR count). The Morgan fingerprint density at radius 1 is 0.532 bits per heavy atom. The van der Waals surface area contributed by atoms with E-state index >= 15 is 0 Å². The number of rotatable bonds is 6. The van der Waals surface area contributed by atoms with E-state index in [1.54, 1.807) is 0 Å². The number of allylic oxidation sites excluding steroid dienone is 5. The van der Waals surface area contributed by atoms with E-state index in [1.807, 2.05) is 0 Å². The second-order valence-electron chi connectivity index (χ2n) is 17.3. The zero-order valence-electron chi connectivity index (χ0n) is 35.4. The van der Waals surface area contributed by atoms with Gasteiger partial charge in [0.25, 0.3) is 0 Å². The van der Waals surface area contributed by atoms with Crippen molar-refractivity contribution in [3.05, 3.63) is 238 Å². The molecule has 0 saturated heterocycles. The zero-order valence-corrected chi connectivity index (χ0v) is 35.4. The van der Waals surface area contributed by atoms with Gasteiger partial charge >= 0.3 is 0 Å². The third kappa shape index (κ3) is 6.12. The Morgan fingerprint density at radius 3 is 1.65 bits per heavy atom. The molecule has 0 amide bonds. The fraction of sp³-hybridized carbons (Fsp3) is 0.100. The first-order chi connectivity index (χ1) is 30.4. The lowest BCUT2D eigenvalue weighted by atomic mass is 9.81. The average molecular weight is 795 g/mol. The van der Waals surface area contributed by atoms with E-state index in [0.29, 0.717) is 0 Å².